The number of nitrogens with two attached hydrogens (primary N) is 1. The second-order valence-corrected chi connectivity index (χ2v) is 5.03. The van der Waals surface area contributed by atoms with Crippen molar-refractivity contribution in [2.45, 2.75) is 25.0 Å². The molecule has 2 aliphatic heterocycles. The highest BCUT2D eigenvalue weighted by atomic mass is 16.6. The summed E-state index contributed by atoms with van der Waals surface area (Å²) in [5, 5.41) is 0. The Morgan fingerprint density at radius 2 is 1.89 bits per heavy atom. The second-order valence-electron chi connectivity index (χ2n) is 5.03. The van der Waals surface area contributed by atoms with E-state index >= 15 is 0 Å². The van der Waals surface area contributed by atoms with Crippen LogP contribution in [0.2, 0.25) is 0 Å². The molecular formula is C14H18N2O3. The highest BCUT2D eigenvalue weighted by Gasteiger charge is 2.32. The lowest BCUT2D eigenvalue weighted by molar-refractivity contribution is -0.142. The van der Waals surface area contributed by atoms with Gasteiger partial charge in [-0.3, -0.25) is 4.79 Å². The van der Waals surface area contributed by atoms with Crippen LogP contribution in [0.5, 0.6) is 11.5 Å². The Bertz CT molecular complexity index is 470. The number of benzene rings is 1. The maximum atomic E-state index is 12.3. The average molecular weight is 262 g/mol. The number of carbonyl (C=O) groups is 1. The zero-order valence-electron chi connectivity index (χ0n) is 10.7. The van der Waals surface area contributed by atoms with Gasteiger partial charge in [-0.05, 0) is 25.0 Å². The van der Waals surface area contributed by atoms with Crippen LogP contribution in [-0.4, -0.2) is 42.6 Å². The fraction of sp³-hybridized carbons (Fsp3) is 0.500. The Morgan fingerprint density at radius 1 is 1.21 bits per heavy atom. The summed E-state index contributed by atoms with van der Waals surface area (Å²) in [6, 6.07) is 7.63. The van der Waals surface area contributed by atoms with E-state index in [0.717, 1.165) is 12.8 Å². The molecule has 0 spiro atoms. The Morgan fingerprint density at radius 3 is 2.63 bits per heavy atom. The van der Waals surface area contributed by atoms with Crippen molar-refractivity contribution in [2.75, 3.05) is 19.7 Å². The number of rotatable bonds is 1. The molecule has 19 heavy (non-hydrogen) atoms. The van der Waals surface area contributed by atoms with E-state index in [1.165, 1.54) is 0 Å². The van der Waals surface area contributed by atoms with Crippen molar-refractivity contribution in [3.05, 3.63) is 24.3 Å². The first-order valence-electron chi connectivity index (χ1n) is 6.67. The topological polar surface area (TPSA) is 64.8 Å². The lowest BCUT2D eigenvalue weighted by Gasteiger charge is -2.34. The van der Waals surface area contributed by atoms with Gasteiger partial charge in [0.1, 0.15) is 6.61 Å². The predicted octanol–water partition coefficient (Wildman–Crippen LogP) is 0.776. The SMILES string of the molecule is NC1CCN(C(=O)[C@@H]2COc3ccccc3O2)CC1. The molecule has 0 aromatic heterocycles. The molecule has 1 aromatic rings. The Kier molecular flexibility index (Phi) is 3.29. The number of hydrogen-bond donors (Lipinski definition) is 1. The molecule has 2 heterocycles. The van der Waals surface area contributed by atoms with Crippen LogP contribution in [0.25, 0.3) is 0 Å². The van der Waals surface area contributed by atoms with Gasteiger partial charge in [0, 0.05) is 19.1 Å². The fourth-order valence-electron chi connectivity index (χ4n) is 2.46. The van der Waals surface area contributed by atoms with Gasteiger partial charge in [-0.15, -0.1) is 0 Å². The lowest BCUT2D eigenvalue weighted by atomic mass is 10.1. The Labute approximate surface area is 112 Å². The van der Waals surface area contributed by atoms with Gasteiger partial charge >= 0.3 is 0 Å². The molecule has 2 aliphatic rings. The van der Waals surface area contributed by atoms with Crippen molar-refractivity contribution in [1.29, 1.82) is 0 Å². The van der Waals surface area contributed by atoms with Gasteiger partial charge < -0.3 is 20.1 Å². The van der Waals surface area contributed by atoms with E-state index in [-0.39, 0.29) is 18.6 Å². The Hall–Kier alpha value is -1.75. The van der Waals surface area contributed by atoms with Crippen LogP contribution < -0.4 is 15.2 Å². The molecule has 1 aromatic carbocycles. The van der Waals surface area contributed by atoms with Gasteiger partial charge in [0.25, 0.3) is 5.91 Å². The number of carbonyl (C=O) groups excluding carboxylic acids is 1. The number of piperidine rings is 1. The molecule has 0 aliphatic carbocycles. The fourth-order valence-corrected chi connectivity index (χ4v) is 2.46. The van der Waals surface area contributed by atoms with Crippen LogP contribution in [0, 0.1) is 0 Å². The normalized spacial score (nSPS) is 23.2. The van der Waals surface area contributed by atoms with Crippen LogP contribution in [0.15, 0.2) is 24.3 Å². The molecule has 0 radical (unpaired) electrons. The minimum Gasteiger partial charge on any atom is -0.485 e. The van der Waals surface area contributed by atoms with Crippen LogP contribution in [0.4, 0.5) is 0 Å². The third kappa shape index (κ3) is 2.51. The first kappa shape index (κ1) is 12.3. The van der Waals surface area contributed by atoms with Gasteiger partial charge in [-0.2, -0.15) is 0 Å². The van der Waals surface area contributed by atoms with E-state index in [9.17, 15) is 4.79 Å². The molecule has 0 saturated carbocycles. The van der Waals surface area contributed by atoms with Crippen molar-refractivity contribution in [2.24, 2.45) is 5.73 Å². The van der Waals surface area contributed by atoms with E-state index in [2.05, 4.69) is 0 Å². The van der Waals surface area contributed by atoms with Crippen molar-refractivity contribution >= 4 is 5.91 Å². The molecule has 2 N–H and O–H groups in total. The summed E-state index contributed by atoms with van der Waals surface area (Å²) >= 11 is 0. The molecule has 1 atom stereocenters. The van der Waals surface area contributed by atoms with Crippen molar-refractivity contribution < 1.29 is 14.3 Å². The summed E-state index contributed by atoms with van der Waals surface area (Å²) in [7, 11) is 0. The number of likely N-dealkylation sites (tertiary alicyclic amines) is 1. The van der Waals surface area contributed by atoms with Crippen molar-refractivity contribution in [3.63, 3.8) is 0 Å². The monoisotopic (exact) mass is 262 g/mol. The van der Waals surface area contributed by atoms with E-state index in [0.29, 0.717) is 24.6 Å². The number of amides is 1. The summed E-state index contributed by atoms with van der Waals surface area (Å²) < 4.78 is 11.3. The third-order valence-corrected chi connectivity index (χ3v) is 3.64. The maximum Gasteiger partial charge on any atom is 0.267 e. The van der Waals surface area contributed by atoms with E-state index in [4.69, 9.17) is 15.2 Å². The lowest BCUT2D eigenvalue weighted by Crippen LogP contribution is -2.50. The van der Waals surface area contributed by atoms with Crippen LogP contribution in [0.3, 0.4) is 0 Å². The number of fused-ring (bicyclic) bond motifs is 1. The average Bonchev–Trinajstić information content (AvgIpc) is 2.47. The molecule has 0 bridgehead atoms. The van der Waals surface area contributed by atoms with Gasteiger partial charge in [-0.25, -0.2) is 0 Å². The molecule has 0 unspecified atom stereocenters. The van der Waals surface area contributed by atoms with Crippen LogP contribution in [0.1, 0.15) is 12.8 Å². The summed E-state index contributed by atoms with van der Waals surface area (Å²) in [5.41, 5.74) is 5.84. The first-order valence-corrected chi connectivity index (χ1v) is 6.67. The van der Waals surface area contributed by atoms with Crippen molar-refractivity contribution in [3.8, 4) is 11.5 Å². The molecule has 1 saturated heterocycles. The van der Waals surface area contributed by atoms with E-state index < -0.39 is 6.10 Å². The number of ether oxygens (including phenoxy) is 2. The highest BCUT2D eigenvalue weighted by molar-refractivity contribution is 5.82. The van der Waals surface area contributed by atoms with Gasteiger partial charge in [0.2, 0.25) is 6.10 Å². The predicted molar refractivity (Wildman–Crippen MR) is 70.1 cm³/mol. The molecule has 5 nitrogen and oxygen atoms in total. The summed E-state index contributed by atoms with van der Waals surface area (Å²) in [5.74, 6) is 1.34. The molecular weight excluding hydrogens is 244 g/mol. The molecule has 5 heteroatoms. The summed E-state index contributed by atoms with van der Waals surface area (Å²) in [6.07, 6.45) is 1.18. The molecule has 1 fully saturated rings. The zero-order chi connectivity index (χ0) is 13.2. The van der Waals surface area contributed by atoms with Gasteiger partial charge in [0.15, 0.2) is 11.5 Å². The zero-order valence-corrected chi connectivity index (χ0v) is 10.7. The quantitative estimate of drug-likeness (QED) is 0.812. The minimum atomic E-state index is -0.538. The van der Waals surface area contributed by atoms with E-state index in [1.54, 1.807) is 0 Å². The standard InChI is InChI=1S/C14H18N2O3/c15-10-5-7-16(8-6-10)14(17)13-9-18-11-3-1-2-4-12(11)19-13/h1-4,10,13H,5-9,15H2/t13-/m0/s1. The summed E-state index contributed by atoms with van der Waals surface area (Å²) in [4.78, 5) is 14.2. The third-order valence-electron chi connectivity index (χ3n) is 3.64. The van der Waals surface area contributed by atoms with Gasteiger partial charge in [0.05, 0.1) is 0 Å². The highest BCUT2D eigenvalue weighted by Crippen LogP contribution is 2.31. The minimum absolute atomic E-state index is 0.00130. The van der Waals surface area contributed by atoms with Crippen LogP contribution in [-0.2, 0) is 4.79 Å². The first-order chi connectivity index (χ1) is 9.24. The molecule has 3 rings (SSSR count). The smallest absolute Gasteiger partial charge is 0.267 e. The number of nitrogens with zero attached hydrogens (tertiary/aromatic N) is 1. The van der Waals surface area contributed by atoms with E-state index in [1.807, 2.05) is 29.2 Å². The largest absolute Gasteiger partial charge is 0.485 e. The second kappa shape index (κ2) is 5.09. The molecule has 1 amide bonds. The van der Waals surface area contributed by atoms with Gasteiger partial charge in [-0.1, -0.05) is 12.1 Å². The number of para-hydroxylation sites is 2. The van der Waals surface area contributed by atoms with Crippen molar-refractivity contribution in [1.82, 2.24) is 4.90 Å². The number of hydrogen-bond acceptors (Lipinski definition) is 4. The maximum absolute atomic E-state index is 12.3. The summed E-state index contributed by atoms with van der Waals surface area (Å²) in [6.45, 7) is 1.70. The molecule has 102 valence electrons. The van der Waals surface area contributed by atoms with Crippen LogP contribution >= 0.6 is 0 Å². The Balaban J connectivity index is 1.66.